The fourth-order valence-electron chi connectivity index (χ4n) is 2.94. The molecule has 2 heterocycles. The van der Waals surface area contributed by atoms with Crippen LogP contribution in [0.5, 0.6) is 0 Å². The number of pyridine rings is 1. The van der Waals surface area contributed by atoms with Crippen LogP contribution in [0.25, 0.3) is 5.69 Å². The van der Waals surface area contributed by atoms with E-state index in [1.807, 2.05) is 6.07 Å². The molecule has 0 aliphatic rings. The van der Waals surface area contributed by atoms with Crippen LogP contribution in [0.1, 0.15) is 54.5 Å². The van der Waals surface area contributed by atoms with Crippen molar-refractivity contribution in [2.75, 3.05) is 5.32 Å². The smallest absolute Gasteiger partial charge is 0.339 e. The van der Waals surface area contributed by atoms with Gasteiger partial charge in [-0.05, 0) is 44.5 Å². The second-order valence-corrected chi connectivity index (χ2v) is 7.73. The Bertz CT molecular complexity index is 1070. The summed E-state index contributed by atoms with van der Waals surface area (Å²) in [5, 5.41) is 17.4. The highest BCUT2D eigenvalue weighted by Gasteiger charge is 2.25. The Morgan fingerprint density at radius 3 is 2.62 bits per heavy atom. The molecule has 0 radical (unpaired) electrons. The lowest BCUT2D eigenvalue weighted by Gasteiger charge is -2.19. The molecule has 6 nitrogen and oxygen atoms in total. The number of hydrogen-bond acceptors (Lipinski definition) is 4. The molecule has 0 amide bonds. The van der Waals surface area contributed by atoms with E-state index >= 15 is 0 Å². The first-order valence-corrected chi connectivity index (χ1v) is 9.48. The molecule has 0 aliphatic carbocycles. The Morgan fingerprint density at radius 2 is 1.97 bits per heavy atom. The van der Waals surface area contributed by atoms with E-state index in [0.717, 1.165) is 12.1 Å². The van der Waals surface area contributed by atoms with Gasteiger partial charge in [0.05, 0.1) is 11.4 Å². The molecular formula is C22H25FN4O2. The molecular weight excluding hydrogens is 371 g/mol. The summed E-state index contributed by atoms with van der Waals surface area (Å²) in [6.45, 7) is 9.71. The van der Waals surface area contributed by atoms with Crippen molar-refractivity contribution in [2.24, 2.45) is 0 Å². The monoisotopic (exact) mass is 396 g/mol. The summed E-state index contributed by atoms with van der Waals surface area (Å²) in [5.41, 5.74) is 2.37. The summed E-state index contributed by atoms with van der Waals surface area (Å²) in [7, 11) is 0. The minimum atomic E-state index is -1.08. The van der Waals surface area contributed by atoms with Gasteiger partial charge < -0.3 is 10.4 Å². The van der Waals surface area contributed by atoms with Gasteiger partial charge in [-0.1, -0.05) is 26.8 Å². The normalized spacial score (nSPS) is 11.5. The highest BCUT2D eigenvalue weighted by Crippen LogP contribution is 2.32. The molecule has 0 bridgehead atoms. The van der Waals surface area contributed by atoms with Gasteiger partial charge in [0, 0.05) is 22.7 Å². The van der Waals surface area contributed by atoms with Gasteiger partial charge in [-0.15, -0.1) is 0 Å². The molecule has 0 saturated carbocycles. The Labute approximate surface area is 169 Å². The number of halogens is 1. The molecule has 7 heteroatoms. The van der Waals surface area contributed by atoms with E-state index in [1.165, 1.54) is 12.1 Å². The third-order valence-electron chi connectivity index (χ3n) is 5.27. The van der Waals surface area contributed by atoms with Crippen LogP contribution >= 0.6 is 0 Å². The maximum atomic E-state index is 14.2. The number of anilines is 2. The SMILES string of the molecule is CCC(C)(C)c1cc(Nc2nc(C)ccc2C(=O)O)n(-c2cccc(F)c2C)n1. The van der Waals surface area contributed by atoms with Gasteiger partial charge in [0.1, 0.15) is 23.0 Å². The van der Waals surface area contributed by atoms with E-state index in [9.17, 15) is 14.3 Å². The third-order valence-corrected chi connectivity index (χ3v) is 5.27. The standard InChI is InChI=1S/C22H25FN4O2/c1-6-22(4,5)18-12-19(25-20-15(21(28)29)11-10-13(2)24-20)27(26-18)17-9-7-8-16(23)14(17)3/h7-12H,6H2,1-5H3,(H,24,25)(H,28,29). The molecule has 3 rings (SSSR count). The minimum absolute atomic E-state index is 0.0515. The summed E-state index contributed by atoms with van der Waals surface area (Å²) < 4.78 is 15.8. The van der Waals surface area contributed by atoms with Crippen molar-refractivity contribution in [1.29, 1.82) is 0 Å². The second-order valence-electron chi connectivity index (χ2n) is 7.73. The Hall–Kier alpha value is -3.22. The van der Waals surface area contributed by atoms with Crippen LogP contribution in [-0.4, -0.2) is 25.8 Å². The van der Waals surface area contributed by atoms with Gasteiger partial charge >= 0.3 is 5.97 Å². The van der Waals surface area contributed by atoms with Crippen LogP contribution in [0.15, 0.2) is 36.4 Å². The highest BCUT2D eigenvalue weighted by atomic mass is 19.1. The quantitative estimate of drug-likeness (QED) is 0.602. The van der Waals surface area contributed by atoms with Gasteiger partial charge in [-0.25, -0.2) is 18.9 Å². The van der Waals surface area contributed by atoms with E-state index in [1.54, 1.807) is 36.7 Å². The zero-order valence-electron chi connectivity index (χ0n) is 17.2. The number of nitrogens with one attached hydrogen (secondary N) is 1. The lowest BCUT2D eigenvalue weighted by atomic mass is 9.87. The average molecular weight is 396 g/mol. The molecule has 0 saturated heterocycles. The van der Waals surface area contributed by atoms with Crippen molar-refractivity contribution in [3.05, 3.63) is 64.7 Å². The summed E-state index contributed by atoms with van der Waals surface area (Å²) >= 11 is 0. The molecule has 29 heavy (non-hydrogen) atoms. The Morgan fingerprint density at radius 1 is 1.24 bits per heavy atom. The summed E-state index contributed by atoms with van der Waals surface area (Å²) in [5.74, 6) is -0.674. The lowest BCUT2D eigenvalue weighted by Crippen LogP contribution is -2.16. The Kier molecular flexibility index (Phi) is 5.42. The fourth-order valence-corrected chi connectivity index (χ4v) is 2.94. The summed E-state index contributed by atoms with van der Waals surface area (Å²) in [4.78, 5) is 16.0. The number of carbonyl (C=O) groups is 1. The van der Waals surface area contributed by atoms with Crippen LogP contribution in [0, 0.1) is 19.7 Å². The van der Waals surface area contributed by atoms with Crippen molar-refractivity contribution >= 4 is 17.6 Å². The summed E-state index contributed by atoms with van der Waals surface area (Å²) in [6, 6.07) is 9.83. The number of carboxylic acids is 1. The number of rotatable bonds is 6. The van der Waals surface area contributed by atoms with Crippen LogP contribution in [0.4, 0.5) is 16.0 Å². The number of hydrogen-bond donors (Lipinski definition) is 2. The van der Waals surface area contributed by atoms with E-state index in [-0.39, 0.29) is 22.6 Å². The first-order chi connectivity index (χ1) is 13.6. The zero-order chi connectivity index (χ0) is 21.3. The molecule has 0 unspecified atom stereocenters. The predicted molar refractivity (Wildman–Crippen MR) is 111 cm³/mol. The van der Waals surface area contributed by atoms with E-state index in [0.29, 0.717) is 22.8 Å². The first kappa shape index (κ1) is 20.5. The van der Waals surface area contributed by atoms with Crippen molar-refractivity contribution in [2.45, 2.75) is 46.5 Å². The van der Waals surface area contributed by atoms with Crippen molar-refractivity contribution in [3.8, 4) is 5.69 Å². The van der Waals surface area contributed by atoms with Crippen molar-refractivity contribution in [1.82, 2.24) is 14.8 Å². The van der Waals surface area contributed by atoms with E-state index < -0.39 is 5.97 Å². The lowest BCUT2D eigenvalue weighted by molar-refractivity contribution is 0.0697. The molecule has 152 valence electrons. The number of aromatic carboxylic acids is 1. The molecule has 0 spiro atoms. The predicted octanol–water partition coefficient (Wildman–Crippen LogP) is 5.15. The molecule has 2 aromatic heterocycles. The Balaban J connectivity index is 2.20. The van der Waals surface area contributed by atoms with Gasteiger partial charge in [-0.2, -0.15) is 5.10 Å². The van der Waals surface area contributed by atoms with Crippen LogP contribution < -0.4 is 5.32 Å². The number of aromatic nitrogens is 3. The van der Waals surface area contributed by atoms with Gasteiger partial charge in [0.15, 0.2) is 0 Å². The van der Waals surface area contributed by atoms with E-state index in [2.05, 4.69) is 31.1 Å². The topological polar surface area (TPSA) is 80.0 Å². The van der Waals surface area contributed by atoms with Crippen molar-refractivity contribution < 1.29 is 14.3 Å². The molecule has 0 atom stereocenters. The number of nitrogens with zero attached hydrogens (tertiary/aromatic N) is 3. The second kappa shape index (κ2) is 7.66. The van der Waals surface area contributed by atoms with Gasteiger partial charge in [0.2, 0.25) is 0 Å². The third kappa shape index (κ3) is 3.99. The largest absolute Gasteiger partial charge is 0.478 e. The summed E-state index contributed by atoms with van der Waals surface area (Å²) in [6.07, 6.45) is 0.856. The van der Waals surface area contributed by atoms with Gasteiger partial charge in [0.25, 0.3) is 0 Å². The molecule has 1 aromatic carbocycles. The minimum Gasteiger partial charge on any atom is -0.478 e. The maximum absolute atomic E-state index is 14.2. The van der Waals surface area contributed by atoms with Crippen LogP contribution in [-0.2, 0) is 5.41 Å². The molecule has 2 N–H and O–H groups in total. The maximum Gasteiger partial charge on any atom is 0.339 e. The van der Waals surface area contributed by atoms with Crippen molar-refractivity contribution in [3.63, 3.8) is 0 Å². The number of benzene rings is 1. The number of aryl methyl sites for hydroxylation is 1. The van der Waals surface area contributed by atoms with Gasteiger partial charge in [-0.3, -0.25) is 0 Å². The number of carboxylic acid groups (broad SMARTS) is 1. The van der Waals surface area contributed by atoms with E-state index in [4.69, 9.17) is 5.10 Å². The molecule has 0 fully saturated rings. The average Bonchev–Trinajstić information content (AvgIpc) is 3.08. The highest BCUT2D eigenvalue weighted by molar-refractivity contribution is 5.93. The fraction of sp³-hybridized carbons (Fsp3) is 0.318. The molecule has 0 aliphatic heterocycles. The first-order valence-electron chi connectivity index (χ1n) is 9.48. The van der Waals surface area contributed by atoms with Crippen LogP contribution in [0.3, 0.4) is 0 Å². The van der Waals surface area contributed by atoms with Crippen LogP contribution in [0.2, 0.25) is 0 Å². The zero-order valence-corrected chi connectivity index (χ0v) is 17.2. The molecule has 3 aromatic rings.